The Bertz CT molecular complexity index is 772. The van der Waals surface area contributed by atoms with Crippen molar-refractivity contribution in [3.63, 3.8) is 0 Å². The molecule has 138 valence electrons. The highest BCUT2D eigenvalue weighted by Crippen LogP contribution is 2.71. The number of amidine groups is 1. The lowest BCUT2D eigenvalue weighted by molar-refractivity contribution is 0.196. The average Bonchev–Trinajstić information content (AvgIpc) is 2.45. The second-order valence-corrected chi connectivity index (χ2v) is 9.72. The molecule has 0 unspecified atom stereocenters. The molecular weight excluding hydrogens is 422 g/mol. The fourth-order valence-electron chi connectivity index (χ4n) is 3.39. The lowest BCUT2D eigenvalue weighted by Gasteiger charge is -2.61. The maximum atomic E-state index is 15.3. The molecule has 1 aromatic rings. The third-order valence-electron chi connectivity index (χ3n) is 4.94. The van der Waals surface area contributed by atoms with E-state index in [2.05, 4.69) is 26.2 Å². The van der Waals surface area contributed by atoms with Crippen LogP contribution in [0.3, 0.4) is 0 Å². The van der Waals surface area contributed by atoms with Gasteiger partial charge >= 0.3 is 6.09 Å². The average molecular weight is 439 g/mol. The van der Waals surface area contributed by atoms with Crippen molar-refractivity contribution in [2.45, 2.75) is 42.0 Å². The minimum absolute atomic E-state index is 0.187. The summed E-state index contributed by atoms with van der Waals surface area (Å²) in [5.41, 5.74) is -4.44. The molecule has 6 nitrogen and oxygen atoms in total. The fourth-order valence-corrected chi connectivity index (χ4v) is 6.24. The number of amides is 1. The molecule has 0 saturated heterocycles. The molecule has 1 aliphatic heterocycles. The van der Waals surface area contributed by atoms with E-state index < -0.39 is 38.3 Å². The molecule has 0 bridgehead atoms. The Hall–Kier alpha value is -1.23. The first-order valence-corrected chi connectivity index (χ1v) is 9.91. The standard InChI is InChI=1S/C15H17BrF2N2O4S/c1-14(9-7-8(16)3-4-10(9)17)11(18)25(23,24)15(5-2-6-15)12(20-14)19-13(21)22/h3-4,7,11,23-24H,2,5-6H2,1H3,(H,19,20)(H,21,22)/t11-,14+/m0/s1. The Morgan fingerprint density at radius 3 is 2.60 bits per heavy atom. The van der Waals surface area contributed by atoms with Crippen molar-refractivity contribution in [2.24, 2.45) is 4.99 Å². The highest BCUT2D eigenvalue weighted by Gasteiger charge is 2.64. The van der Waals surface area contributed by atoms with Gasteiger partial charge in [-0.15, -0.1) is 10.6 Å². The molecule has 0 radical (unpaired) electrons. The molecule has 25 heavy (non-hydrogen) atoms. The summed E-state index contributed by atoms with van der Waals surface area (Å²) in [5, 5.41) is 11.1. The molecule has 2 aliphatic rings. The van der Waals surface area contributed by atoms with Crippen LogP contribution < -0.4 is 5.32 Å². The summed E-state index contributed by atoms with van der Waals surface area (Å²) < 4.78 is 50.0. The van der Waals surface area contributed by atoms with Crippen LogP contribution in [0.5, 0.6) is 0 Å². The molecule has 1 heterocycles. The largest absolute Gasteiger partial charge is 0.465 e. The van der Waals surface area contributed by atoms with Crippen LogP contribution >= 0.6 is 26.5 Å². The Kier molecular flexibility index (Phi) is 4.38. The molecule has 10 heteroatoms. The number of nitrogens with one attached hydrogen (secondary N) is 1. The number of aliphatic imine (C=N–C) groups is 1. The van der Waals surface area contributed by atoms with Crippen LogP contribution in [0.4, 0.5) is 13.6 Å². The monoisotopic (exact) mass is 438 g/mol. The number of carbonyl (C=O) groups is 1. The van der Waals surface area contributed by atoms with E-state index in [4.69, 9.17) is 5.11 Å². The second-order valence-electron chi connectivity index (χ2n) is 6.42. The van der Waals surface area contributed by atoms with Crippen LogP contribution in [0, 0.1) is 5.82 Å². The van der Waals surface area contributed by atoms with Crippen LogP contribution in [-0.2, 0) is 5.54 Å². The summed E-state index contributed by atoms with van der Waals surface area (Å²) in [6.07, 6.45) is -0.461. The molecule has 1 aliphatic carbocycles. The molecule has 0 aromatic heterocycles. The fraction of sp³-hybridized carbons (Fsp3) is 0.467. The molecule has 1 amide bonds. The van der Waals surface area contributed by atoms with E-state index in [0.29, 0.717) is 10.9 Å². The summed E-state index contributed by atoms with van der Waals surface area (Å²) in [6, 6.07) is 3.83. The van der Waals surface area contributed by atoms with Gasteiger partial charge in [0.1, 0.15) is 21.9 Å². The van der Waals surface area contributed by atoms with Crippen LogP contribution in [0.25, 0.3) is 0 Å². The Morgan fingerprint density at radius 1 is 1.44 bits per heavy atom. The molecule has 2 atom stereocenters. The van der Waals surface area contributed by atoms with Gasteiger partial charge in [-0.1, -0.05) is 15.9 Å². The van der Waals surface area contributed by atoms with Crippen LogP contribution in [-0.4, -0.2) is 36.4 Å². The minimum atomic E-state index is -3.95. The van der Waals surface area contributed by atoms with E-state index in [1.165, 1.54) is 19.1 Å². The summed E-state index contributed by atoms with van der Waals surface area (Å²) in [6.45, 7) is 1.23. The molecule has 1 spiro atoms. The van der Waals surface area contributed by atoms with E-state index in [0.717, 1.165) is 6.07 Å². The third kappa shape index (κ3) is 2.57. The number of rotatable bonds is 1. The van der Waals surface area contributed by atoms with Gasteiger partial charge in [-0.25, -0.2) is 13.6 Å². The van der Waals surface area contributed by atoms with Gasteiger partial charge in [-0.2, -0.15) is 0 Å². The predicted molar refractivity (Wildman–Crippen MR) is 94.4 cm³/mol. The van der Waals surface area contributed by atoms with Crippen molar-refractivity contribution in [3.05, 3.63) is 34.1 Å². The number of hydrogen-bond donors (Lipinski definition) is 4. The van der Waals surface area contributed by atoms with E-state index in [9.17, 15) is 18.3 Å². The lowest BCUT2D eigenvalue weighted by Crippen LogP contribution is -2.63. The number of benzene rings is 1. The zero-order valence-corrected chi connectivity index (χ0v) is 15.6. The van der Waals surface area contributed by atoms with Crippen molar-refractivity contribution >= 4 is 38.4 Å². The van der Waals surface area contributed by atoms with Gasteiger partial charge in [0.15, 0.2) is 0 Å². The Labute approximate surface area is 152 Å². The van der Waals surface area contributed by atoms with Gasteiger partial charge < -0.3 is 5.11 Å². The van der Waals surface area contributed by atoms with Gasteiger partial charge in [0.25, 0.3) is 0 Å². The van der Waals surface area contributed by atoms with Gasteiger partial charge in [0.05, 0.1) is 0 Å². The van der Waals surface area contributed by atoms with Gasteiger partial charge in [0.2, 0.25) is 5.50 Å². The Morgan fingerprint density at radius 2 is 2.08 bits per heavy atom. The first-order chi connectivity index (χ1) is 11.5. The number of hydrogen-bond acceptors (Lipinski definition) is 4. The normalized spacial score (nSPS) is 31.0. The van der Waals surface area contributed by atoms with E-state index in [-0.39, 0.29) is 24.2 Å². The summed E-state index contributed by atoms with van der Waals surface area (Å²) in [4.78, 5) is 15.3. The van der Waals surface area contributed by atoms with Crippen LogP contribution in [0.15, 0.2) is 27.7 Å². The van der Waals surface area contributed by atoms with Crippen LogP contribution in [0.1, 0.15) is 31.7 Å². The highest BCUT2D eigenvalue weighted by atomic mass is 79.9. The van der Waals surface area contributed by atoms with E-state index in [1.54, 1.807) is 0 Å². The first-order valence-electron chi connectivity index (χ1n) is 7.51. The van der Waals surface area contributed by atoms with E-state index >= 15 is 4.39 Å². The molecule has 1 aromatic carbocycles. The number of halogens is 3. The van der Waals surface area contributed by atoms with Crippen molar-refractivity contribution < 1.29 is 27.8 Å². The van der Waals surface area contributed by atoms with Gasteiger partial charge in [-0.05, 0) is 44.4 Å². The lowest BCUT2D eigenvalue weighted by atomic mass is 9.81. The van der Waals surface area contributed by atoms with Crippen molar-refractivity contribution in [1.82, 2.24) is 5.32 Å². The SMILES string of the molecule is C[C@]1(c2cc(Br)ccc2F)N=C(NC(=O)O)C2(CCC2)S(O)(O)[C@@H]1F. The predicted octanol–water partition coefficient (Wildman–Crippen LogP) is 4.45. The molecule has 3 rings (SSSR count). The maximum absolute atomic E-state index is 15.3. The Balaban J connectivity index is 2.24. The summed E-state index contributed by atoms with van der Waals surface area (Å²) in [5.74, 6) is -0.992. The summed E-state index contributed by atoms with van der Waals surface area (Å²) >= 11 is 3.17. The molecule has 1 fully saturated rings. The second kappa shape index (κ2) is 5.90. The smallest absolute Gasteiger partial charge is 0.410 e. The zero-order chi connectivity index (χ0) is 18.6. The number of alkyl halides is 1. The first kappa shape index (κ1) is 18.6. The summed E-state index contributed by atoms with van der Waals surface area (Å²) in [7, 11) is -3.95. The minimum Gasteiger partial charge on any atom is -0.465 e. The highest BCUT2D eigenvalue weighted by molar-refractivity contribution is 9.10. The van der Waals surface area contributed by atoms with Gasteiger partial charge in [0, 0.05) is 10.0 Å². The molecular formula is C15H17BrF2N2O4S. The zero-order valence-electron chi connectivity index (χ0n) is 13.2. The van der Waals surface area contributed by atoms with Crippen molar-refractivity contribution in [2.75, 3.05) is 0 Å². The topological polar surface area (TPSA) is 102 Å². The molecule has 4 N–H and O–H groups in total. The number of carboxylic acid groups (broad SMARTS) is 1. The van der Waals surface area contributed by atoms with Gasteiger partial charge in [-0.3, -0.25) is 19.4 Å². The van der Waals surface area contributed by atoms with Crippen molar-refractivity contribution in [3.8, 4) is 0 Å². The third-order valence-corrected chi connectivity index (χ3v) is 8.22. The number of nitrogens with zero attached hydrogens (tertiary/aromatic N) is 1. The van der Waals surface area contributed by atoms with E-state index in [1.807, 2.05) is 0 Å². The van der Waals surface area contributed by atoms with Crippen LogP contribution in [0.2, 0.25) is 0 Å². The maximum Gasteiger partial charge on any atom is 0.410 e. The van der Waals surface area contributed by atoms with Crippen molar-refractivity contribution in [1.29, 1.82) is 0 Å². The molecule has 1 saturated carbocycles. The quantitative estimate of drug-likeness (QED) is 0.519.